The molecule has 0 saturated heterocycles. The second-order valence-corrected chi connectivity index (χ2v) is 5.96. The van der Waals surface area contributed by atoms with Crippen LogP contribution in [0.2, 0.25) is 20.1 Å². The number of thioether (sulfide) groups is 1. The maximum atomic E-state index is 8.89. The Morgan fingerprint density at radius 3 is 1.94 bits per heavy atom. The van der Waals surface area contributed by atoms with Crippen molar-refractivity contribution in [1.29, 1.82) is 5.26 Å². The molecular weight excluding hydrogens is 343 g/mol. The quantitative estimate of drug-likeness (QED) is 0.293. The third kappa shape index (κ3) is 3.50. The van der Waals surface area contributed by atoms with Gasteiger partial charge >= 0.3 is 0 Å². The largest absolute Gasteiger partial charge is 0.192 e. The van der Waals surface area contributed by atoms with Crippen molar-refractivity contribution in [1.82, 2.24) is 0 Å². The van der Waals surface area contributed by atoms with Crippen molar-refractivity contribution in [2.45, 2.75) is 11.3 Å². The lowest BCUT2D eigenvalue weighted by atomic mass is 10.2. The highest BCUT2D eigenvalue weighted by atomic mass is 35.5. The van der Waals surface area contributed by atoms with E-state index in [1.807, 2.05) is 6.07 Å². The van der Waals surface area contributed by atoms with Gasteiger partial charge in [-0.2, -0.15) is 5.26 Å². The number of nitriles is 1. The molecule has 0 fully saturated rings. The SMILES string of the molecule is N#Cc1c(Cl)c(Cl)c(SCCCCl)c(Cl)c1Cl. The summed E-state index contributed by atoms with van der Waals surface area (Å²) in [6, 6.07) is 1.88. The van der Waals surface area contributed by atoms with Crippen molar-refractivity contribution >= 4 is 69.8 Å². The highest BCUT2D eigenvalue weighted by Crippen LogP contribution is 2.45. The van der Waals surface area contributed by atoms with Crippen LogP contribution in [-0.2, 0) is 0 Å². The average Bonchev–Trinajstić information content (AvgIpc) is 2.32. The Morgan fingerprint density at radius 2 is 1.53 bits per heavy atom. The highest BCUT2D eigenvalue weighted by Gasteiger charge is 2.20. The highest BCUT2D eigenvalue weighted by molar-refractivity contribution is 7.99. The van der Waals surface area contributed by atoms with Crippen molar-refractivity contribution < 1.29 is 0 Å². The Balaban J connectivity index is 3.19. The van der Waals surface area contributed by atoms with Crippen molar-refractivity contribution in [3.63, 3.8) is 0 Å². The molecule has 0 atom stereocenters. The molecule has 0 radical (unpaired) electrons. The molecule has 17 heavy (non-hydrogen) atoms. The number of nitrogens with zero attached hydrogens (tertiary/aromatic N) is 1. The van der Waals surface area contributed by atoms with Gasteiger partial charge in [0, 0.05) is 10.8 Å². The molecule has 1 nitrogen and oxygen atoms in total. The van der Waals surface area contributed by atoms with Gasteiger partial charge in [-0.15, -0.1) is 23.4 Å². The summed E-state index contributed by atoms with van der Waals surface area (Å²) < 4.78 is 0. The first-order chi connectivity index (χ1) is 8.04. The number of alkyl halides is 1. The summed E-state index contributed by atoms with van der Waals surface area (Å²) in [5, 5.41) is 9.69. The van der Waals surface area contributed by atoms with E-state index < -0.39 is 0 Å². The van der Waals surface area contributed by atoms with Crippen LogP contribution in [0.4, 0.5) is 0 Å². The van der Waals surface area contributed by atoms with Gasteiger partial charge in [0.25, 0.3) is 0 Å². The zero-order valence-corrected chi connectivity index (χ0v) is 13.0. The minimum atomic E-state index is 0.102. The molecule has 0 N–H and O–H groups in total. The minimum Gasteiger partial charge on any atom is -0.192 e. The normalized spacial score (nSPS) is 10.4. The van der Waals surface area contributed by atoms with E-state index in [1.54, 1.807) is 0 Å². The van der Waals surface area contributed by atoms with Crippen molar-refractivity contribution in [3.8, 4) is 6.07 Å². The van der Waals surface area contributed by atoms with Gasteiger partial charge in [0.15, 0.2) is 0 Å². The fourth-order valence-electron chi connectivity index (χ4n) is 1.07. The van der Waals surface area contributed by atoms with E-state index in [0.717, 1.165) is 12.2 Å². The van der Waals surface area contributed by atoms with Crippen LogP contribution < -0.4 is 0 Å². The molecule has 0 saturated carbocycles. The van der Waals surface area contributed by atoms with Crippen LogP contribution in [0, 0.1) is 11.3 Å². The van der Waals surface area contributed by atoms with Crippen molar-refractivity contribution in [3.05, 3.63) is 25.7 Å². The van der Waals surface area contributed by atoms with E-state index in [-0.39, 0.29) is 25.7 Å². The molecule has 0 aliphatic carbocycles. The minimum absolute atomic E-state index is 0.102. The summed E-state index contributed by atoms with van der Waals surface area (Å²) in [5.41, 5.74) is 0.102. The topological polar surface area (TPSA) is 23.8 Å². The van der Waals surface area contributed by atoms with E-state index in [0.29, 0.717) is 10.8 Å². The number of hydrogen-bond donors (Lipinski definition) is 0. The Labute approximate surface area is 129 Å². The summed E-state index contributed by atoms with van der Waals surface area (Å²) in [6.45, 7) is 0. The van der Waals surface area contributed by atoms with Crippen LogP contribution in [0.1, 0.15) is 12.0 Å². The molecule has 0 amide bonds. The van der Waals surface area contributed by atoms with Crippen LogP contribution in [0.25, 0.3) is 0 Å². The van der Waals surface area contributed by atoms with E-state index in [2.05, 4.69) is 0 Å². The van der Waals surface area contributed by atoms with E-state index in [4.69, 9.17) is 63.3 Å². The Morgan fingerprint density at radius 1 is 1.00 bits per heavy atom. The van der Waals surface area contributed by atoms with Crippen molar-refractivity contribution in [2.24, 2.45) is 0 Å². The molecule has 0 aliphatic rings. The molecule has 1 rings (SSSR count). The Kier molecular flexibility index (Phi) is 6.58. The number of halogens is 5. The summed E-state index contributed by atoms with van der Waals surface area (Å²) in [5.74, 6) is 1.31. The first-order valence-corrected chi connectivity index (χ1v) is 7.52. The number of rotatable bonds is 4. The van der Waals surface area contributed by atoms with Gasteiger partial charge in [0.1, 0.15) is 6.07 Å². The second-order valence-electron chi connectivity index (χ2n) is 2.96. The summed E-state index contributed by atoms with van der Waals surface area (Å²) in [6.07, 6.45) is 0.814. The lowest BCUT2D eigenvalue weighted by molar-refractivity contribution is 1.11. The summed E-state index contributed by atoms with van der Waals surface area (Å²) in [4.78, 5) is 0.590. The molecule has 0 bridgehead atoms. The predicted octanol–water partition coefficient (Wildman–Crippen LogP) is 5.89. The van der Waals surface area contributed by atoms with Gasteiger partial charge < -0.3 is 0 Å². The first-order valence-electron chi connectivity index (χ1n) is 4.49. The van der Waals surface area contributed by atoms with Gasteiger partial charge in [-0.25, -0.2) is 0 Å². The third-order valence-corrected chi connectivity index (χ3v) is 5.25. The molecule has 0 heterocycles. The Hall–Kier alpha value is 0.510. The van der Waals surface area contributed by atoms with Gasteiger partial charge in [0.05, 0.1) is 25.7 Å². The molecule has 7 heteroatoms. The summed E-state index contributed by atoms with van der Waals surface area (Å²) >= 11 is 31.0. The molecular formula is C10H6Cl5NS. The van der Waals surface area contributed by atoms with Crippen LogP contribution in [0.3, 0.4) is 0 Å². The standard InChI is InChI=1S/C10H6Cl5NS/c11-2-1-3-17-10-8(14)6(12)5(4-16)7(13)9(10)15/h1-3H2. The van der Waals surface area contributed by atoms with Crippen LogP contribution in [-0.4, -0.2) is 11.6 Å². The zero-order chi connectivity index (χ0) is 13.0. The van der Waals surface area contributed by atoms with Crippen LogP contribution >= 0.6 is 69.8 Å². The Bertz CT molecular complexity index is 440. The zero-order valence-electron chi connectivity index (χ0n) is 8.37. The molecule has 0 unspecified atom stereocenters. The van der Waals surface area contributed by atoms with Crippen LogP contribution in [0.15, 0.2) is 4.90 Å². The third-order valence-electron chi connectivity index (χ3n) is 1.86. The molecule has 0 aliphatic heterocycles. The van der Waals surface area contributed by atoms with Gasteiger partial charge in [-0.05, 0) is 12.2 Å². The molecule has 0 aromatic heterocycles. The molecule has 0 spiro atoms. The fraction of sp³-hybridized carbons (Fsp3) is 0.300. The number of hydrogen-bond acceptors (Lipinski definition) is 2. The van der Waals surface area contributed by atoms with Crippen molar-refractivity contribution in [2.75, 3.05) is 11.6 Å². The van der Waals surface area contributed by atoms with E-state index >= 15 is 0 Å². The average molecular weight is 349 g/mol. The smallest absolute Gasteiger partial charge is 0.102 e. The predicted molar refractivity (Wildman–Crippen MR) is 77.3 cm³/mol. The molecule has 1 aromatic rings. The van der Waals surface area contributed by atoms with E-state index in [9.17, 15) is 0 Å². The van der Waals surface area contributed by atoms with Gasteiger partial charge in [-0.3, -0.25) is 0 Å². The lowest BCUT2D eigenvalue weighted by Crippen LogP contribution is -1.89. The fourth-order valence-corrected chi connectivity index (χ4v) is 3.68. The first kappa shape index (κ1) is 15.6. The van der Waals surface area contributed by atoms with E-state index in [1.165, 1.54) is 11.8 Å². The van der Waals surface area contributed by atoms with Gasteiger partial charge in [0.2, 0.25) is 0 Å². The summed E-state index contributed by atoms with van der Waals surface area (Å²) in [7, 11) is 0. The van der Waals surface area contributed by atoms with Gasteiger partial charge in [-0.1, -0.05) is 46.4 Å². The lowest BCUT2D eigenvalue weighted by Gasteiger charge is -2.11. The molecule has 1 aromatic carbocycles. The monoisotopic (exact) mass is 347 g/mol. The van der Waals surface area contributed by atoms with Crippen LogP contribution in [0.5, 0.6) is 0 Å². The maximum Gasteiger partial charge on any atom is 0.102 e. The second kappa shape index (κ2) is 7.19. The molecule has 92 valence electrons. The maximum absolute atomic E-state index is 8.89. The number of benzene rings is 1.